The molecule has 10 heteroatoms. The Morgan fingerprint density at radius 3 is 2.52 bits per heavy atom. The lowest BCUT2D eigenvalue weighted by Gasteiger charge is -2.33. The van der Waals surface area contributed by atoms with Gasteiger partial charge in [-0.25, -0.2) is 8.42 Å². The maximum Gasteiger partial charge on any atom is 0.253 e. The third kappa shape index (κ3) is 5.11. The van der Waals surface area contributed by atoms with Crippen LogP contribution >= 0.6 is 0 Å². The van der Waals surface area contributed by atoms with Crippen LogP contribution in [0, 0.1) is 12.8 Å². The average molecular weight is 475 g/mol. The van der Waals surface area contributed by atoms with Crippen molar-refractivity contribution >= 4 is 27.7 Å². The van der Waals surface area contributed by atoms with E-state index in [0.717, 1.165) is 19.3 Å². The molecule has 0 radical (unpaired) electrons. The lowest BCUT2D eigenvalue weighted by atomic mass is 9.95. The molecule has 178 valence electrons. The van der Waals surface area contributed by atoms with Gasteiger partial charge in [0.25, 0.3) is 5.91 Å². The molecule has 33 heavy (non-hydrogen) atoms. The van der Waals surface area contributed by atoms with Gasteiger partial charge in [-0.05, 0) is 57.7 Å². The van der Waals surface area contributed by atoms with Crippen LogP contribution in [0.3, 0.4) is 0 Å². The summed E-state index contributed by atoms with van der Waals surface area (Å²) in [7, 11) is -3.65. The molecule has 0 bridgehead atoms. The molecule has 2 amide bonds. The van der Waals surface area contributed by atoms with Gasteiger partial charge in [0.1, 0.15) is 5.76 Å². The highest BCUT2D eigenvalue weighted by atomic mass is 32.2. The van der Waals surface area contributed by atoms with Gasteiger partial charge in [-0.2, -0.15) is 4.31 Å². The van der Waals surface area contributed by atoms with Crippen LogP contribution in [0.1, 0.15) is 55.1 Å². The van der Waals surface area contributed by atoms with Crippen LogP contribution in [-0.4, -0.2) is 60.3 Å². The van der Waals surface area contributed by atoms with Gasteiger partial charge < -0.3 is 14.7 Å². The lowest BCUT2D eigenvalue weighted by Crippen LogP contribution is -2.42. The number of aromatic nitrogens is 1. The number of benzene rings is 1. The molecule has 0 spiro atoms. The van der Waals surface area contributed by atoms with Crippen molar-refractivity contribution in [3.63, 3.8) is 0 Å². The van der Waals surface area contributed by atoms with Crippen molar-refractivity contribution in [3.8, 4) is 0 Å². The first-order chi connectivity index (χ1) is 15.8. The Kier molecular flexibility index (Phi) is 6.85. The van der Waals surface area contributed by atoms with Gasteiger partial charge in [0.15, 0.2) is 5.82 Å². The molecule has 2 fully saturated rings. The zero-order valence-electron chi connectivity index (χ0n) is 19.0. The zero-order chi connectivity index (χ0) is 23.6. The Balaban J connectivity index is 1.39. The number of likely N-dealkylation sites (tertiary alicyclic amines) is 1. The third-order valence-corrected chi connectivity index (χ3v) is 8.47. The molecule has 2 aromatic rings. The second-order valence-electron chi connectivity index (χ2n) is 8.87. The fraction of sp³-hybridized carbons (Fsp3) is 0.522. The standard InChI is InChI=1S/C23H30N4O5S/c1-16-6-3-4-11-27(16)33(30,31)20-8-5-7-19(15-20)23(29)26-12-9-18(10-13-26)22(28)24-21-14-17(2)32-25-21/h5,7-8,14-16,18H,3-4,6,9-13H2,1-2H3,(H,24,25,28). The lowest BCUT2D eigenvalue weighted by molar-refractivity contribution is -0.121. The average Bonchev–Trinajstić information content (AvgIpc) is 3.23. The topological polar surface area (TPSA) is 113 Å². The SMILES string of the molecule is Cc1cc(NC(=O)C2CCN(C(=O)c3cccc(S(=O)(=O)N4CCCCC4C)c3)CC2)no1. The Hall–Kier alpha value is -2.72. The second-order valence-corrected chi connectivity index (χ2v) is 10.8. The summed E-state index contributed by atoms with van der Waals surface area (Å²) in [5.74, 6) is 0.420. The van der Waals surface area contributed by atoms with E-state index in [1.54, 1.807) is 40.4 Å². The predicted molar refractivity (Wildman–Crippen MR) is 122 cm³/mol. The fourth-order valence-electron chi connectivity index (χ4n) is 4.53. The van der Waals surface area contributed by atoms with Crippen LogP contribution < -0.4 is 5.32 Å². The van der Waals surface area contributed by atoms with E-state index in [2.05, 4.69) is 10.5 Å². The molecule has 2 aliphatic heterocycles. The van der Waals surface area contributed by atoms with E-state index in [1.165, 1.54) is 6.07 Å². The summed E-state index contributed by atoms with van der Waals surface area (Å²) in [6, 6.07) is 7.90. The summed E-state index contributed by atoms with van der Waals surface area (Å²) in [5.41, 5.74) is 0.349. The van der Waals surface area contributed by atoms with E-state index in [1.807, 2.05) is 6.92 Å². The molecule has 2 saturated heterocycles. The maximum absolute atomic E-state index is 13.2. The van der Waals surface area contributed by atoms with E-state index in [4.69, 9.17) is 4.52 Å². The Labute approximate surface area is 194 Å². The van der Waals surface area contributed by atoms with Gasteiger partial charge in [-0.1, -0.05) is 17.6 Å². The molecule has 4 rings (SSSR count). The van der Waals surface area contributed by atoms with E-state index in [0.29, 0.717) is 49.6 Å². The molecule has 1 unspecified atom stereocenters. The van der Waals surface area contributed by atoms with Crippen molar-refractivity contribution in [2.45, 2.75) is 56.9 Å². The summed E-state index contributed by atoms with van der Waals surface area (Å²) in [6.07, 6.45) is 3.77. The van der Waals surface area contributed by atoms with E-state index in [-0.39, 0.29) is 28.7 Å². The number of carbonyl (C=O) groups is 2. The summed E-state index contributed by atoms with van der Waals surface area (Å²) in [6.45, 7) is 5.03. The van der Waals surface area contributed by atoms with Crippen LogP contribution in [0.4, 0.5) is 5.82 Å². The van der Waals surface area contributed by atoms with Crippen LogP contribution in [0.5, 0.6) is 0 Å². The number of hydrogen-bond donors (Lipinski definition) is 1. The summed E-state index contributed by atoms with van der Waals surface area (Å²) in [4.78, 5) is 27.4. The van der Waals surface area contributed by atoms with Crippen molar-refractivity contribution in [2.24, 2.45) is 5.92 Å². The van der Waals surface area contributed by atoms with Crippen molar-refractivity contribution < 1.29 is 22.5 Å². The first-order valence-electron chi connectivity index (χ1n) is 11.4. The van der Waals surface area contributed by atoms with Gasteiger partial charge in [-0.15, -0.1) is 0 Å². The molecule has 1 N–H and O–H groups in total. The molecule has 2 aliphatic rings. The van der Waals surface area contributed by atoms with Crippen molar-refractivity contribution in [3.05, 3.63) is 41.7 Å². The number of nitrogens with zero attached hydrogens (tertiary/aromatic N) is 3. The van der Waals surface area contributed by atoms with E-state index < -0.39 is 10.0 Å². The minimum atomic E-state index is -3.65. The minimum Gasteiger partial charge on any atom is -0.360 e. The van der Waals surface area contributed by atoms with Gasteiger partial charge in [-0.3, -0.25) is 9.59 Å². The number of carbonyl (C=O) groups excluding carboxylic acids is 2. The Bertz CT molecular complexity index is 1120. The smallest absolute Gasteiger partial charge is 0.253 e. The molecular weight excluding hydrogens is 444 g/mol. The summed E-state index contributed by atoms with van der Waals surface area (Å²) < 4.78 is 32.8. The number of rotatable bonds is 5. The molecule has 9 nitrogen and oxygen atoms in total. The van der Waals surface area contributed by atoms with Gasteiger partial charge in [0.2, 0.25) is 15.9 Å². The highest BCUT2D eigenvalue weighted by molar-refractivity contribution is 7.89. The molecule has 3 heterocycles. The van der Waals surface area contributed by atoms with Gasteiger partial charge >= 0.3 is 0 Å². The molecule has 1 aromatic heterocycles. The van der Waals surface area contributed by atoms with Crippen LogP contribution in [0.2, 0.25) is 0 Å². The molecule has 1 atom stereocenters. The Morgan fingerprint density at radius 2 is 1.85 bits per heavy atom. The molecule has 1 aromatic carbocycles. The second kappa shape index (κ2) is 9.64. The molecular formula is C23H30N4O5S. The van der Waals surface area contributed by atoms with Crippen molar-refractivity contribution in [1.29, 1.82) is 0 Å². The van der Waals surface area contributed by atoms with Crippen molar-refractivity contribution in [1.82, 2.24) is 14.4 Å². The van der Waals surface area contributed by atoms with Crippen molar-refractivity contribution in [2.75, 3.05) is 25.0 Å². The number of aryl methyl sites for hydroxylation is 1. The largest absolute Gasteiger partial charge is 0.360 e. The monoisotopic (exact) mass is 474 g/mol. The quantitative estimate of drug-likeness (QED) is 0.713. The first kappa shape index (κ1) is 23.4. The molecule has 0 saturated carbocycles. The normalized spacial score (nSPS) is 20.5. The highest BCUT2D eigenvalue weighted by Crippen LogP contribution is 2.27. The van der Waals surface area contributed by atoms with Crippen LogP contribution in [0.15, 0.2) is 39.8 Å². The number of piperidine rings is 2. The maximum atomic E-state index is 13.2. The molecule has 0 aliphatic carbocycles. The van der Waals surface area contributed by atoms with Crippen LogP contribution in [0.25, 0.3) is 0 Å². The minimum absolute atomic E-state index is 0.0468. The number of nitrogens with one attached hydrogen (secondary N) is 1. The third-order valence-electron chi connectivity index (χ3n) is 6.46. The number of hydrogen-bond acceptors (Lipinski definition) is 6. The number of amides is 2. The summed E-state index contributed by atoms with van der Waals surface area (Å²) in [5, 5.41) is 6.52. The zero-order valence-corrected chi connectivity index (χ0v) is 19.8. The highest BCUT2D eigenvalue weighted by Gasteiger charge is 2.32. The number of anilines is 1. The first-order valence-corrected chi connectivity index (χ1v) is 12.8. The van der Waals surface area contributed by atoms with Gasteiger partial charge in [0, 0.05) is 43.2 Å². The van der Waals surface area contributed by atoms with Gasteiger partial charge in [0.05, 0.1) is 4.90 Å². The number of sulfonamides is 1. The Morgan fingerprint density at radius 1 is 1.09 bits per heavy atom. The van der Waals surface area contributed by atoms with E-state index >= 15 is 0 Å². The van der Waals surface area contributed by atoms with E-state index in [9.17, 15) is 18.0 Å². The predicted octanol–water partition coefficient (Wildman–Crippen LogP) is 3.04. The fourth-order valence-corrected chi connectivity index (χ4v) is 6.28. The van der Waals surface area contributed by atoms with Crippen LogP contribution in [-0.2, 0) is 14.8 Å². The summed E-state index contributed by atoms with van der Waals surface area (Å²) >= 11 is 0.